The molecule has 24 heavy (non-hydrogen) atoms. The molecule has 2 N–H and O–H groups in total. The number of hydrogen-bond donors (Lipinski definition) is 2. The lowest BCUT2D eigenvalue weighted by molar-refractivity contribution is -0.135. The first-order valence-electron chi connectivity index (χ1n) is 8.14. The van der Waals surface area contributed by atoms with Crippen LogP contribution in [0.2, 0.25) is 0 Å². The summed E-state index contributed by atoms with van der Waals surface area (Å²) in [7, 11) is 0. The molecule has 1 aromatic carbocycles. The Morgan fingerprint density at radius 3 is 2.46 bits per heavy atom. The average Bonchev–Trinajstić information content (AvgIpc) is 2.49. The second-order valence-electron chi connectivity index (χ2n) is 5.51. The molecule has 0 amide bonds. The summed E-state index contributed by atoms with van der Waals surface area (Å²) in [5.74, 6) is -0.717. The van der Waals surface area contributed by atoms with E-state index in [1.165, 1.54) is 6.07 Å². The van der Waals surface area contributed by atoms with Gasteiger partial charge >= 0.3 is 12.1 Å². The van der Waals surface area contributed by atoms with Gasteiger partial charge in [-0.1, -0.05) is 19.3 Å². The van der Waals surface area contributed by atoms with Crippen molar-refractivity contribution < 1.29 is 27.8 Å². The number of anilines is 1. The normalized spacial score (nSPS) is 11.3. The van der Waals surface area contributed by atoms with E-state index in [0.717, 1.165) is 24.9 Å². The van der Waals surface area contributed by atoms with Crippen molar-refractivity contribution in [2.75, 3.05) is 18.5 Å². The molecule has 0 spiro atoms. The number of carboxylic acids is 1. The van der Waals surface area contributed by atoms with Gasteiger partial charge in [-0.3, -0.25) is 0 Å². The summed E-state index contributed by atoms with van der Waals surface area (Å²) in [4.78, 5) is 11.1. The molecule has 0 atom stereocenters. The molecule has 0 unspecified atom stereocenters. The van der Waals surface area contributed by atoms with Crippen molar-refractivity contribution in [3.63, 3.8) is 0 Å². The lowest BCUT2D eigenvalue weighted by atomic mass is 10.1. The maximum Gasteiger partial charge on any atom is 0.389 e. The Bertz CT molecular complexity index is 518. The van der Waals surface area contributed by atoms with Crippen LogP contribution in [0.25, 0.3) is 0 Å². The number of aromatic carboxylic acids is 1. The fraction of sp³-hybridized carbons (Fsp3) is 0.588. The number of nitrogens with one attached hydrogen (secondary N) is 1. The van der Waals surface area contributed by atoms with E-state index < -0.39 is 18.6 Å². The Balaban J connectivity index is 2.28. The van der Waals surface area contributed by atoms with Gasteiger partial charge in [0.2, 0.25) is 0 Å². The number of hydrogen-bond acceptors (Lipinski definition) is 3. The van der Waals surface area contributed by atoms with Crippen molar-refractivity contribution in [3.05, 3.63) is 23.8 Å². The number of ether oxygens (including phenoxy) is 1. The Labute approximate surface area is 140 Å². The van der Waals surface area contributed by atoms with Crippen LogP contribution in [0.1, 0.15) is 55.8 Å². The predicted octanol–water partition coefficient (Wildman–Crippen LogP) is 5.10. The van der Waals surface area contributed by atoms with E-state index in [2.05, 4.69) is 5.32 Å². The van der Waals surface area contributed by atoms with Crippen molar-refractivity contribution in [2.45, 2.75) is 51.6 Å². The van der Waals surface area contributed by atoms with Crippen molar-refractivity contribution in [1.82, 2.24) is 0 Å². The highest BCUT2D eigenvalue weighted by atomic mass is 19.4. The Kier molecular flexibility index (Phi) is 8.43. The average molecular weight is 347 g/mol. The molecule has 0 saturated heterocycles. The fourth-order valence-corrected chi connectivity index (χ4v) is 2.30. The van der Waals surface area contributed by atoms with Gasteiger partial charge < -0.3 is 15.2 Å². The van der Waals surface area contributed by atoms with Crippen molar-refractivity contribution in [1.29, 1.82) is 0 Å². The summed E-state index contributed by atoms with van der Waals surface area (Å²) in [5, 5.41) is 12.3. The monoisotopic (exact) mass is 347 g/mol. The molecule has 0 bridgehead atoms. The summed E-state index contributed by atoms with van der Waals surface area (Å²) in [6.45, 7) is 2.84. The molecule has 0 radical (unpaired) electrons. The molecule has 0 aliphatic carbocycles. The van der Waals surface area contributed by atoms with E-state index in [0.29, 0.717) is 25.3 Å². The number of rotatable bonds is 11. The summed E-state index contributed by atoms with van der Waals surface area (Å²) < 4.78 is 41.3. The van der Waals surface area contributed by atoms with Gasteiger partial charge in [0.25, 0.3) is 0 Å². The summed E-state index contributed by atoms with van der Waals surface area (Å²) in [6, 6.07) is 4.82. The molecule has 4 nitrogen and oxygen atoms in total. The third kappa shape index (κ3) is 8.08. The van der Waals surface area contributed by atoms with E-state index in [-0.39, 0.29) is 12.0 Å². The maximum absolute atomic E-state index is 12.0. The smallest absolute Gasteiger partial charge is 0.389 e. The molecule has 0 saturated carbocycles. The SMILES string of the molecule is CCOc1cc(NCCCCCCCC(F)(F)F)ccc1C(=O)O. The highest BCUT2D eigenvalue weighted by molar-refractivity contribution is 5.91. The minimum Gasteiger partial charge on any atom is -0.493 e. The first-order valence-corrected chi connectivity index (χ1v) is 8.14. The number of carbonyl (C=O) groups is 1. The molecule has 1 aromatic rings. The van der Waals surface area contributed by atoms with E-state index in [1.54, 1.807) is 19.1 Å². The van der Waals surface area contributed by atoms with Crippen LogP contribution in [0.15, 0.2) is 18.2 Å². The standard InChI is InChI=1S/C17H24F3NO3/c1-2-24-15-12-13(8-9-14(15)16(22)23)21-11-7-5-3-4-6-10-17(18,19)20/h8-9,12,21H,2-7,10-11H2,1H3,(H,22,23). The molecular weight excluding hydrogens is 323 g/mol. The van der Waals surface area contributed by atoms with Crippen molar-refractivity contribution >= 4 is 11.7 Å². The summed E-state index contributed by atoms with van der Waals surface area (Å²) in [5.41, 5.74) is 0.882. The lowest BCUT2D eigenvalue weighted by Crippen LogP contribution is -2.06. The number of halogens is 3. The Morgan fingerprint density at radius 2 is 1.83 bits per heavy atom. The zero-order valence-corrected chi connectivity index (χ0v) is 13.8. The number of alkyl halides is 3. The van der Waals surface area contributed by atoms with Gasteiger partial charge in [0.1, 0.15) is 11.3 Å². The topological polar surface area (TPSA) is 58.6 Å². The third-order valence-corrected chi connectivity index (χ3v) is 3.48. The first kappa shape index (κ1) is 20.1. The maximum atomic E-state index is 12.0. The van der Waals surface area contributed by atoms with E-state index in [9.17, 15) is 18.0 Å². The van der Waals surface area contributed by atoms with Gasteiger partial charge in [-0.2, -0.15) is 13.2 Å². The van der Waals surface area contributed by atoms with Crippen LogP contribution in [0.3, 0.4) is 0 Å². The molecule has 7 heteroatoms. The van der Waals surface area contributed by atoms with E-state index in [4.69, 9.17) is 9.84 Å². The first-order chi connectivity index (χ1) is 11.3. The van der Waals surface area contributed by atoms with Crippen LogP contribution in [-0.2, 0) is 0 Å². The minimum absolute atomic E-state index is 0.118. The zero-order chi connectivity index (χ0) is 18.0. The molecule has 0 aliphatic heterocycles. The third-order valence-electron chi connectivity index (χ3n) is 3.48. The molecule has 136 valence electrons. The van der Waals surface area contributed by atoms with E-state index >= 15 is 0 Å². The Morgan fingerprint density at radius 1 is 1.17 bits per heavy atom. The van der Waals surface area contributed by atoms with Crippen LogP contribution in [-0.4, -0.2) is 30.4 Å². The second-order valence-corrected chi connectivity index (χ2v) is 5.51. The molecule has 1 rings (SSSR count). The van der Waals surface area contributed by atoms with Gasteiger partial charge in [0.05, 0.1) is 6.61 Å². The van der Waals surface area contributed by atoms with Gasteiger partial charge in [-0.15, -0.1) is 0 Å². The van der Waals surface area contributed by atoms with Gasteiger partial charge in [0.15, 0.2) is 0 Å². The summed E-state index contributed by atoms with van der Waals surface area (Å²) >= 11 is 0. The minimum atomic E-state index is -4.05. The fourth-order valence-electron chi connectivity index (χ4n) is 2.30. The van der Waals surface area contributed by atoms with Crippen LogP contribution in [0, 0.1) is 0 Å². The number of unbranched alkanes of at least 4 members (excludes halogenated alkanes) is 4. The molecule has 0 heterocycles. The van der Waals surface area contributed by atoms with Gasteiger partial charge in [0, 0.05) is 24.7 Å². The Hall–Kier alpha value is -1.92. The van der Waals surface area contributed by atoms with Gasteiger partial charge in [-0.05, 0) is 31.9 Å². The van der Waals surface area contributed by atoms with Crippen LogP contribution >= 0.6 is 0 Å². The van der Waals surface area contributed by atoms with Crippen LogP contribution in [0.4, 0.5) is 18.9 Å². The second kappa shape index (κ2) is 10.1. The largest absolute Gasteiger partial charge is 0.493 e. The number of benzene rings is 1. The van der Waals surface area contributed by atoms with Crippen molar-refractivity contribution in [3.8, 4) is 5.75 Å². The lowest BCUT2D eigenvalue weighted by Gasteiger charge is -2.11. The molecular formula is C17H24F3NO3. The van der Waals surface area contributed by atoms with Crippen LogP contribution in [0.5, 0.6) is 5.75 Å². The molecule has 0 aliphatic rings. The van der Waals surface area contributed by atoms with Crippen molar-refractivity contribution in [2.24, 2.45) is 0 Å². The summed E-state index contributed by atoms with van der Waals surface area (Å²) in [6.07, 6.45) is -1.51. The quantitative estimate of drug-likeness (QED) is 0.547. The van der Waals surface area contributed by atoms with E-state index in [1.807, 2.05) is 0 Å². The predicted molar refractivity (Wildman–Crippen MR) is 86.8 cm³/mol. The van der Waals surface area contributed by atoms with Crippen LogP contribution < -0.4 is 10.1 Å². The highest BCUT2D eigenvalue weighted by Crippen LogP contribution is 2.24. The molecule has 0 aromatic heterocycles. The zero-order valence-electron chi connectivity index (χ0n) is 13.8. The molecule has 0 fully saturated rings. The highest BCUT2D eigenvalue weighted by Gasteiger charge is 2.25. The number of carboxylic acid groups (broad SMARTS) is 1. The van der Waals surface area contributed by atoms with Gasteiger partial charge in [-0.25, -0.2) is 4.79 Å².